The van der Waals surface area contributed by atoms with E-state index in [1.165, 1.54) is 0 Å². The van der Waals surface area contributed by atoms with Gasteiger partial charge in [-0.2, -0.15) is 5.26 Å². The maximum atomic E-state index is 8.65. The number of hydrogen-bond acceptors (Lipinski definition) is 3. The normalized spacial score (nSPS) is 12.3. The molecule has 0 aliphatic rings. The van der Waals surface area contributed by atoms with Gasteiger partial charge in [0.2, 0.25) is 0 Å². The molecule has 1 heterocycles. The summed E-state index contributed by atoms with van der Waals surface area (Å²) in [5.74, 6) is 1.73. The van der Waals surface area contributed by atoms with Crippen LogP contribution in [0, 0.1) is 11.3 Å². The molecule has 0 fully saturated rings. The van der Waals surface area contributed by atoms with Gasteiger partial charge in [0.05, 0.1) is 23.3 Å². The molecule has 0 bridgehead atoms. The molecule has 0 saturated carbocycles. The Bertz CT molecular complexity index is 250. The third-order valence-electron chi connectivity index (χ3n) is 1.52. The van der Waals surface area contributed by atoms with Gasteiger partial charge in [-0.1, -0.05) is 6.92 Å². The predicted molar refractivity (Wildman–Crippen MR) is 49.7 cm³/mol. The number of furan rings is 1. The molecule has 1 unspecified atom stereocenters. The quantitative estimate of drug-likeness (QED) is 0.716. The Morgan fingerprint density at radius 2 is 2.58 bits per heavy atom. The monoisotopic (exact) mass is 181 g/mol. The Balaban J connectivity index is 2.31. The van der Waals surface area contributed by atoms with Crippen molar-refractivity contribution in [1.29, 1.82) is 5.26 Å². The van der Waals surface area contributed by atoms with Crippen molar-refractivity contribution in [1.82, 2.24) is 0 Å². The first kappa shape index (κ1) is 9.21. The van der Waals surface area contributed by atoms with E-state index >= 15 is 0 Å². The van der Waals surface area contributed by atoms with Crippen LogP contribution in [-0.2, 0) is 5.75 Å². The van der Waals surface area contributed by atoms with E-state index in [9.17, 15) is 0 Å². The largest absolute Gasteiger partial charge is 0.468 e. The van der Waals surface area contributed by atoms with Gasteiger partial charge in [-0.3, -0.25) is 0 Å². The van der Waals surface area contributed by atoms with Gasteiger partial charge in [0.25, 0.3) is 0 Å². The fourth-order valence-corrected chi connectivity index (χ4v) is 1.66. The van der Waals surface area contributed by atoms with Crippen LogP contribution in [0.1, 0.15) is 19.1 Å². The minimum absolute atomic E-state index is 0.0927. The molecule has 0 aliphatic heterocycles. The summed E-state index contributed by atoms with van der Waals surface area (Å²) in [4.78, 5) is 0. The number of rotatable bonds is 4. The molecule has 0 saturated heterocycles. The van der Waals surface area contributed by atoms with Crippen LogP contribution in [0.3, 0.4) is 0 Å². The third-order valence-corrected chi connectivity index (χ3v) is 2.81. The Morgan fingerprint density at radius 1 is 1.75 bits per heavy atom. The maximum Gasteiger partial charge on any atom is 0.113 e. The highest BCUT2D eigenvalue weighted by atomic mass is 32.2. The van der Waals surface area contributed by atoms with Gasteiger partial charge < -0.3 is 4.42 Å². The molecule has 0 amide bonds. The minimum Gasteiger partial charge on any atom is -0.468 e. The molecule has 64 valence electrons. The summed E-state index contributed by atoms with van der Waals surface area (Å²) in [7, 11) is 0. The summed E-state index contributed by atoms with van der Waals surface area (Å²) in [6, 6.07) is 6.03. The molecule has 0 radical (unpaired) electrons. The van der Waals surface area contributed by atoms with Gasteiger partial charge in [0, 0.05) is 0 Å². The molecule has 0 spiro atoms. The van der Waals surface area contributed by atoms with E-state index in [0.29, 0.717) is 0 Å². The lowest BCUT2D eigenvalue weighted by atomic mass is 10.4. The summed E-state index contributed by atoms with van der Waals surface area (Å²) in [5.41, 5.74) is 0. The highest BCUT2D eigenvalue weighted by molar-refractivity contribution is 7.99. The van der Waals surface area contributed by atoms with Gasteiger partial charge in [0.1, 0.15) is 5.76 Å². The molecule has 1 atom stereocenters. The number of nitrogens with zero attached hydrogens (tertiary/aromatic N) is 1. The smallest absolute Gasteiger partial charge is 0.113 e. The predicted octanol–water partition coefficient (Wildman–Crippen LogP) is 2.81. The lowest BCUT2D eigenvalue weighted by molar-refractivity contribution is 0.530. The average Bonchev–Trinajstić information content (AvgIpc) is 2.59. The van der Waals surface area contributed by atoms with Gasteiger partial charge >= 0.3 is 0 Å². The van der Waals surface area contributed by atoms with Crippen molar-refractivity contribution < 1.29 is 4.42 Å². The van der Waals surface area contributed by atoms with E-state index in [0.717, 1.165) is 17.9 Å². The average molecular weight is 181 g/mol. The maximum absolute atomic E-state index is 8.65. The lowest BCUT2D eigenvalue weighted by Crippen LogP contribution is -1.95. The third kappa shape index (κ3) is 2.63. The molecular weight excluding hydrogens is 170 g/mol. The Kier molecular flexibility index (Phi) is 3.75. The number of thioether (sulfide) groups is 1. The van der Waals surface area contributed by atoms with Gasteiger partial charge in [-0.05, 0) is 18.6 Å². The molecule has 1 aromatic heterocycles. The lowest BCUT2D eigenvalue weighted by Gasteiger charge is -2.02. The topological polar surface area (TPSA) is 36.9 Å². The van der Waals surface area contributed by atoms with E-state index in [1.54, 1.807) is 18.0 Å². The second-order valence-electron chi connectivity index (χ2n) is 2.42. The van der Waals surface area contributed by atoms with Crippen LogP contribution >= 0.6 is 11.8 Å². The SMILES string of the molecule is CCC(C#N)SCc1ccco1. The molecule has 2 nitrogen and oxygen atoms in total. The van der Waals surface area contributed by atoms with Gasteiger partial charge in [-0.15, -0.1) is 11.8 Å². The highest BCUT2D eigenvalue weighted by Gasteiger charge is 2.05. The van der Waals surface area contributed by atoms with Crippen LogP contribution in [0.4, 0.5) is 0 Å². The summed E-state index contributed by atoms with van der Waals surface area (Å²) >= 11 is 1.62. The highest BCUT2D eigenvalue weighted by Crippen LogP contribution is 2.19. The number of nitriles is 1. The van der Waals surface area contributed by atoms with Crippen LogP contribution in [0.25, 0.3) is 0 Å². The Labute approximate surface area is 76.6 Å². The molecule has 12 heavy (non-hydrogen) atoms. The van der Waals surface area contributed by atoms with E-state index in [2.05, 4.69) is 6.07 Å². The second-order valence-corrected chi connectivity index (χ2v) is 3.61. The zero-order valence-corrected chi connectivity index (χ0v) is 7.80. The molecule has 0 N–H and O–H groups in total. The second kappa shape index (κ2) is 4.89. The molecular formula is C9H11NOS. The molecule has 3 heteroatoms. The summed E-state index contributed by atoms with van der Waals surface area (Å²) in [6.07, 6.45) is 2.55. The van der Waals surface area contributed by atoms with Crippen molar-refractivity contribution >= 4 is 11.8 Å². The first-order chi connectivity index (χ1) is 5.86. The summed E-state index contributed by atoms with van der Waals surface area (Å²) < 4.78 is 5.14. The molecule has 1 aromatic rings. The minimum atomic E-state index is 0.0927. The molecule has 1 rings (SSSR count). The van der Waals surface area contributed by atoms with Gasteiger partial charge in [-0.25, -0.2) is 0 Å². The summed E-state index contributed by atoms with van der Waals surface area (Å²) in [6.45, 7) is 2.02. The summed E-state index contributed by atoms with van der Waals surface area (Å²) in [5, 5.41) is 8.75. The number of hydrogen-bond donors (Lipinski definition) is 0. The van der Waals surface area contributed by atoms with Crippen LogP contribution in [0.15, 0.2) is 22.8 Å². The van der Waals surface area contributed by atoms with E-state index in [1.807, 2.05) is 19.1 Å². The molecule has 0 aromatic carbocycles. The fraction of sp³-hybridized carbons (Fsp3) is 0.444. The van der Waals surface area contributed by atoms with E-state index in [-0.39, 0.29) is 5.25 Å². The van der Waals surface area contributed by atoms with Gasteiger partial charge in [0.15, 0.2) is 0 Å². The zero-order valence-electron chi connectivity index (χ0n) is 6.99. The first-order valence-electron chi connectivity index (χ1n) is 3.90. The van der Waals surface area contributed by atoms with Crippen molar-refractivity contribution in [2.75, 3.05) is 0 Å². The van der Waals surface area contributed by atoms with E-state index < -0.39 is 0 Å². The fourth-order valence-electron chi connectivity index (χ4n) is 0.824. The zero-order chi connectivity index (χ0) is 8.81. The van der Waals surface area contributed by atoms with Crippen molar-refractivity contribution in [3.63, 3.8) is 0 Å². The van der Waals surface area contributed by atoms with Crippen LogP contribution < -0.4 is 0 Å². The van der Waals surface area contributed by atoms with E-state index in [4.69, 9.17) is 9.68 Å². The van der Waals surface area contributed by atoms with Crippen LogP contribution in [-0.4, -0.2) is 5.25 Å². The standard InChI is InChI=1S/C9H11NOS/c1-2-9(6-10)12-7-8-4-3-5-11-8/h3-5,9H,2,7H2,1H3. The van der Waals surface area contributed by atoms with Crippen molar-refractivity contribution in [2.45, 2.75) is 24.3 Å². The Hall–Kier alpha value is -0.880. The van der Waals surface area contributed by atoms with Crippen molar-refractivity contribution in [2.24, 2.45) is 0 Å². The van der Waals surface area contributed by atoms with Crippen LogP contribution in [0.2, 0.25) is 0 Å². The van der Waals surface area contributed by atoms with Crippen molar-refractivity contribution in [3.8, 4) is 6.07 Å². The first-order valence-corrected chi connectivity index (χ1v) is 4.95. The van der Waals surface area contributed by atoms with Crippen molar-refractivity contribution in [3.05, 3.63) is 24.2 Å². The Morgan fingerprint density at radius 3 is 3.08 bits per heavy atom. The van der Waals surface area contributed by atoms with Crippen LogP contribution in [0.5, 0.6) is 0 Å². The molecule has 0 aliphatic carbocycles.